The minimum absolute atomic E-state index is 0.166. The molecule has 4 nitrogen and oxygen atoms in total. The molecule has 2 unspecified atom stereocenters. The number of hydrogen-bond donors (Lipinski definition) is 2. The molecule has 1 aliphatic rings. The third-order valence-corrected chi connectivity index (χ3v) is 4.52. The Bertz CT molecular complexity index is 443. The summed E-state index contributed by atoms with van der Waals surface area (Å²) >= 11 is 1.37. The van der Waals surface area contributed by atoms with Gasteiger partial charge in [-0.3, -0.25) is 9.59 Å². The van der Waals surface area contributed by atoms with Gasteiger partial charge in [0, 0.05) is 0 Å². The summed E-state index contributed by atoms with van der Waals surface area (Å²) in [5.74, 6) is -1.47. The Morgan fingerprint density at radius 2 is 2.28 bits per heavy atom. The van der Waals surface area contributed by atoms with Crippen molar-refractivity contribution in [2.75, 3.05) is 0 Å². The molecule has 5 heteroatoms. The Morgan fingerprint density at radius 1 is 1.50 bits per heavy atom. The molecule has 18 heavy (non-hydrogen) atoms. The number of rotatable bonds is 3. The van der Waals surface area contributed by atoms with E-state index in [9.17, 15) is 14.7 Å². The summed E-state index contributed by atoms with van der Waals surface area (Å²) in [7, 11) is 0. The summed E-state index contributed by atoms with van der Waals surface area (Å²) in [6.45, 7) is 1.84. The Kier molecular flexibility index (Phi) is 3.71. The molecule has 1 fully saturated rings. The van der Waals surface area contributed by atoms with E-state index in [0.717, 1.165) is 19.3 Å². The first-order valence-corrected chi connectivity index (χ1v) is 7.00. The number of thiophene rings is 1. The van der Waals surface area contributed by atoms with Gasteiger partial charge in [0.25, 0.3) is 5.91 Å². The number of hydrogen-bond acceptors (Lipinski definition) is 3. The standard InChI is InChI=1S/C13H17NO3S/c1-13(7-3-2-5-9(13)12(16)17)14-11(15)10-6-4-8-18-10/h4,6,8-9H,2-3,5,7H2,1H3,(H,14,15)(H,16,17). The minimum Gasteiger partial charge on any atom is -0.481 e. The molecule has 0 aromatic carbocycles. The van der Waals surface area contributed by atoms with Crippen LogP contribution in [-0.4, -0.2) is 22.5 Å². The summed E-state index contributed by atoms with van der Waals surface area (Å²) in [5.41, 5.74) is -0.634. The molecule has 1 aliphatic carbocycles. The van der Waals surface area contributed by atoms with Crippen LogP contribution in [0.25, 0.3) is 0 Å². The van der Waals surface area contributed by atoms with E-state index in [-0.39, 0.29) is 5.91 Å². The van der Waals surface area contributed by atoms with Gasteiger partial charge in [0.2, 0.25) is 0 Å². The Balaban J connectivity index is 2.14. The third-order valence-electron chi connectivity index (χ3n) is 3.65. The second-order valence-corrected chi connectivity index (χ2v) is 5.93. The molecule has 1 heterocycles. The molecule has 0 spiro atoms. The van der Waals surface area contributed by atoms with Crippen molar-refractivity contribution in [1.29, 1.82) is 0 Å². The van der Waals surface area contributed by atoms with Gasteiger partial charge in [-0.15, -0.1) is 11.3 Å². The number of aliphatic carboxylic acids is 1. The van der Waals surface area contributed by atoms with Crippen LogP contribution in [0.4, 0.5) is 0 Å². The van der Waals surface area contributed by atoms with Crippen molar-refractivity contribution in [2.24, 2.45) is 5.92 Å². The fraction of sp³-hybridized carbons (Fsp3) is 0.538. The molecule has 2 atom stereocenters. The van der Waals surface area contributed by atoms with E-state index < -0.39 is 17.4 Å². The smallest absolute Gasteiger partial charge is 0.308 e. The first-order chi connectivity index (χ1) is 8.53. The second-order valence-electron chi connectivity index (χ2n) is 4.99. The minimum atomic E-state index is -0.816. The van der Waals surface area contributed by atoms with Gasteiger partial charge in [0.15, 0.2) is 0 Å². The van der Waals surface area contributed by atoms with Crippen LogP contribution in [0.2, 0.25) is 0 Å². The quantitative estimate of drug-likeness (QED) is 0.884. The number of carboxylic acid groups (broad SMARTS) is 1. The van der Waals surface area contributed by atoms with Gasteiger partial charge < -0.3 is 10.4 Å². The van der Waals surface area contributed by atoms with Gasteiger partial charge in [-0.2, -0.15) is 0 Å². The lowest BCUT2D eigenvalue weighted by molar-refractivity contribution is -0.145. The van der Waals surface area contributed by atoms with Crippen LogP contribution < -0.4 is 5.32 Å². The van der Waals surface area contributed by atoms with Crippen LogP contribution in [0.3, 0.4) is 0 Å². The first-order valence-electron chi connectivity index (χ1n) is 6.12. The average Bonchev–Trinajstić information content (AvgIpc) is 2.81. The second kappa shape index (κ2) is 5.10. The van der Waals surface area contributed by atoms with E-state index in [1.165, 1.54) is 11.3 Å². The van der Waals surface area contributed by atoms with E-state index >= 15 is 0 Å². The summed E-state index contributed by atoms with van der Waals surface area (Å²) in [5, 5.41) is 14.0. The predicted molar refractivity (Wildman–Crippen MR) is 69.8 cm³/mol. The summed E-state index contributed by atoms with van der Waals surface area (Å²) in [6, 6.07) is 3.57. The van der Waals surface area contributed by atoms with Crippen molar-refractivity contribution in [1.82, 2.24) is 5.32 Å². The van der Waals surface area contributed by atoms with Crippen LogP contribution >= 0.6 is 11.3 Å². The number of carbonyl (C=O) groups is 2. The molecule has 0 bridgehead atoms. The molecule has 1 aromatic rings. The highest BCUT2D eigenvalue weighted by atomic mass is 32.1. The molecular formula is C13H17NO3S. The van der Waals surface area contributed by atoms with Gasteiger partial charge in [0.05, 0.1) is 16.3 Å². The fourth-order valence-corrected chi connectivity index (χ4v) is 3.23. The first kappa shape index (κ1) is 13.1. The maximum atomic E-state index is 12.1. The predicted octanol–water partition coefficient (Wildman–Crippen LogP) is 2.51. The van der Waals surface area contributed by atoms with Gasteiger partial charge in [-0.05, 0) is 31.2 Å². The highest BCUT2D eigenvalue weighted by Gasteiger charge is 2.42. The van der Waals surface area contributed by atoms with Crippen molar-refractivity contribution in [2.45, 2.75) is 38.1 Å². The van der Waals surface area contributed by atoms with E-state index in [1.807, 2.05) is 18.4 Å². The van der Waals surface area contributed by atoms with Crippen molar-refractivity contribution in [3.63, 3.8) is 0 Å². The third kappa shape index (κ3) is 2.56. The number of nitrogens with one attached hydrogen (secondary N) is 1. The van der Waals surface area contributed by atoms with Crippen molar-refractivity contribution >= 4 is 23.2 Å². The lowest BCUT2D eigenvalue weighted by Gasteiger charge is -2.39. The van der Waals surface area contributed by atoms with E-state index in [1.54, 1.807) is 6.07 Å². The van der Waals surface area contributed by atoms with Crippen LogP contribution in [0.5, 0.6) is 0 Å². The molecule has 1 saturated carbocycles. The lowest BCUT2D eigenvalue weighted by atomic mass is 9.74. The normalized spacial score (nSPS) is 27.7. The lowest BCUT2D eigenvalue weighted by Crippen LogP contribution is -2.55. The highest BCUT2D eigenvalue weighted by Crippen LogP contribution is 2.34. The maximum absolute atomic E-state index is 12.1. The molecule has 1 aromatic heterocycles. The van der Waals surface area contributed by atoms with Gasteiger partial charge >= 0.3 is 5.97 Å². The van der Waals surface area contributed by atoms with Crippen LogP contribution in [0.1, 0.15) is 42.3 Å². The van der Waals surface area contributed by atoms with E-state index in [0.29, 0.717) is 11.3 Å². The summed E-state index contributed by atoms with van der Waals surface area (Å²) in [4.78, 5) is 24.0. The van der Waals surface area contributed by atoms with Gasteiger partial charge in [0.1, 0.15) is 0 Å². The zero-order valence-electron chi connectivity index (χ0n) is 10.3. The zero-order chi connectivity index (χ0) is 13.2. The molecule has 1 amide bonds. The Hall–Kier alpha value is -1.36. The van der Waals surface area contributed by atoms with Crippen LogP contribution in [0, 0.1) is 5.92 Å². The number of amides is 1. The number of carboxylic acids is 1. The highest BCUT2D eigenvalue weighted by molar-refractivity contribution is 7.12. The van der Waals surface area contributed by atoms with Crippen LogP contribution in [0.15, 0.2) is 17.5 Å². The van der Waals surface area contributed by atoms with E-state index in [4.69, 9.17) is 0 Å². The average molecular weight is 267 g/mol. The monoisotopic (exact) mass is 267 g/mol. The zero-order valence-corrected chi connectivity index (χ0v) is 11.1. The summed E-state index contributed by atoms with van der Waals surface area (Å²) < 4.78 is 0. The van der Waals surface area contributed by atoms with Crippen molar-refractivity contribution < 1.29 is 14.7 Å². The van der Waals surface area contributed by atoms with Crippen molar-refractivity contribution in [3.8, 4) is 0 Å². The van der Waals surface area contributed by atoms with Gasteiger partial charge in [-0.25, -0.2) is 0 Å². The Morgan fingerprint density at radius 3 is 2.89 bits per heavy atom. The molecule has 0 aliphatic heterocycles. The maximum Gasteiger partial charge on any atom is 0.308 e. The molecule has 2 rings (SSSR count). The van der Waals surface area contributed by atoms with Gasteiger partial charge in [-0.1, -0.05) is 18.9 Å². The molecule has 98 valence electrons. The topological polar surface area (TPSA) is 66.4 Å². The SMILES string of the molecule is CC1(NC(=O)c2cccs2)CCCCC1C(=O)O. The van der Waals surface area contributed by atoms with E-state index in [2.05, 4.69) is 5.32 Å². The van der Waals surface area contributed by atoms with Crippen LogP contribution in [-0.2, 0) is 4.79 Å². The molecule has 0 radical (unpaired) electrons. The number of carbonyl (C=O) groups excluding carboxylic acids is 1. The molecule has 0 saturated heterocycles. The largest absolute Gasteiger partial charge is 0.481 e. The van der Waals surface area contributed by atoms with Crippen molar-refractivity contribution in [3.05, 3.63) is 22.4 Å². The fourth-order valence-electron chi connectivity index (χ4n) is 2.61. The summed E-state index contributed by atoms with van der Waals surface area (Å²) in [6.07, 6.45) is 3.24. The molecule has 2 N–H and O–H groups in total. The Labute approximate surface area is 110 Å². The molecular weight excluding hydrogens is 250 g/mol.